The Labute approximate surface area is 226 Å². The van der Waals surface area contributed by atoms with Crippen LogP contribution in [0, 0.1) is 28.6 Å². The lowest BCUT2D eigenvalue weighted by Gasteiger charge is -2.38. The highest BCUT2D eigenvalue weighted by Gasteiger charge is 2.70. The Hall–Kier alpha value is -2.65. The zero-order valence-electron chi connectivity index (χ0n) is 24.5. The molecule has 2 saturated carbocycles. The van der Waals surface area contributed by atoms with Crippen molar-refractivity contribution in [3.63, 3.8) is 0 Å². The van der Waals surface area contributed by atoms with E-state index in [2.05, 4.69) is 35.1 Å². The van der Waals surface area contributed by atoms with E-state index in [0.717, 1.165) is 19.3 Å². The number of hydrogen-bond donors (Lipinski definition) is 4. The van der Waals surface area contributed by atoms with Crippen LogP contribution in [0.15, 0.2) is 0 Å². The average molecular weight is 534 g/mol. The van der Waals surface area contributed by atoms with Crippen LogP contribution in [0.25, 0.3) is 0 Å². The highest BCUT2D eigenvalue weighted by molar-refractivity contribution is 6.38. The van der Waals surface area contributed by atoms with Gasteiger partial charge in [0.05, 0.1) is 6.04 Å². The summed E-state index contributed by atoms with van der Waals surface area (Å²) in [5, 5.41) is 10.9. The molecule has 4 unspecified atom stereocenters. The molecule has 38 heavy (non-hydrogen) atoms. The summed E-state index contributed by atoms with van der Waals surface area (Å²) < 4.78 is 0. The third kappa shape index (κ3) is 6.31. The van der Waals surface area contributed by atoms with E-state index in [1.165, 1.54) is 7.05 Å². The molecule has 0 aromatic rings. The van der Waals surface area contributed by atoms with Crippen molar-refractivity contribution in [2.24, 2.45) is 28.6 Å². The summed E-state index contributed by atoms with van der Waals surface area (Å²) in [4.78, 5) is 67.1. The molecule has 3 rings (SSSR count). The largest absolute Gasteiger partial charge is 0.353 e. The fraction of sp³-hybridized carbons (Fsp3) is 0.821. The molecule has 3 fully saturated rings. The molecule has 2 aliphatic carbocycles. The van der Waals surface area contributed by atoms with E-state index in [9.17, 15) is 24.0 Å². The number of piperidine rings is 1. The molecule has 10 heteroatoms. The average Bonchev–Trinajstić information content (AvgIpc) is 3.08. The molecule has 0 bridgehead atoms. The fourth-order valence-corrected chi connectivity index (χ4v) is 5.97. The Morgan fingerprint density at radius 3 is 2.05 bits per heavy atom. The molecule has 214 valence electrons. The first kappa shape index (κ1) is 29.9. The quantitative estimate of drug-likeness (QED) is 0.354. The minimum absolute atomic E-state index is 0.0603. The van der Waals surface area contributed by atoms with E-state index < -0.39 is 52.7 Å². The summed E-state index contributed by atoms with van der Waals surface area (Å²) in [6.45, 7) is 15.8. The van der Waals surface area contributed by atoms with Crippen LogP contribution in [0.1, 0.15) is 81.1 Å². The molecule has 4 N–H and O–H groups in total. The number of carbonyl (C=O) groups is 5. The van der Waals surface area contributed by atoms with Crippen molar-refractivity contribution < 1.29 is 24.0 Å². The number of likely N-dealkylation sites (N-methyl/N-ethyl adjacent to an activating group) is 1. The van der Waals surface area contributed by atoms with Crippen molar-refractivity contribution in [1.82, 2.24) is 26.2 Å². The third-order valence-corrected chi connectivity index (χ3v) is 8.51. The molecule has 0 radical (unpaired) electrons. The van der Waals surface area contributed by atoms with Gasteiger partial charge in [0, 0.05) is 19.1 Å². The van der Waals surface area contributed by atoms with Crippen molar-refractivity contribution in [3.05, 3.63) is 0 Å². The van der Waals surface area contributed by atoms with E-state index in [0.29, 0.717) is 13.0 Å². The number of fused-ring (bicyclic) bond motifs is 1. The fourth-order valence-electron chi connectivity index (χ4n) is 5.97. The van der Waals surface area contributed by atoms with E-state index >= 15 is 0 Å². The van der Waals surface area contributed by atoms with Crippen LogP contribution in [0.3, 0.4) is 0 Å². The standard InChI is InChI=1S/C28H47N5O5/c1-26(2,3)21(31-25(38)32-27(4,5)6)24(37)33-14-16-18(28(16,7)8)19(33)22(35)30-17(13-15-11-10-12-15)20(34)23(36)29-9/h15-19,21H,10-14H2,1-9H3,(H,29,36)(H,30,35)(H2,31,32,38)/t16?,17?,18?,19-,21?/m0/s1. The summed E-state index contributed by atoms with van der Waals surface area (Å²) in [5.74, 6) is -1.76. The molecule has 5 atom stereocenters. The van der Waals surface area contributed by atoms with Crippen LogP contribution in [0.2, 0.25) is 0 Å². The molecular weight excluding hydrogens is 486 g/mol. The van der Waals surface area contributed by atoms with E-state index in [1.807, 2.05) is 41.5 Å². The van der Waals surface area contributed by atoms with Crippen LogP contribution >= 0.6 is 0 Å². The van der Waals surface area contributed by atoms with Gasteiger partial charge in [0.15, 0.2) is 0 Å². The highest BCUT2D eigenvalue weighted by atomic mass is 16.2. The lowest BCUT2D eigenvalue weighted by molar-refractivity contribution is -0.145. The van der Waals surface area contributed by atoms with Gasteiger partial charge in [0.1, 0.15) is 12.1 Å². The topological polar surface area (TPSA) is 137 Å². The second-order valence-corrected chi connectivity index (χ2v) is 14.1. The molecular formula is C28H47N5O5. The second kappa shape index (κ2) is 10.5. The van der Waals surface area contributed by atoms with Gasteiger partial charge in [-0.15, -0.1) is 0 Å². The zero-order valence-corrected chi connectivity index (χ0v) is 24.5. The number of nitrogens with one attached hydrogen (secondary N) is 4. The van der Waals surface area contributed by atoms with Crippen molar-refractivity contribution >= 4 is 29.5 Å². The van der Waals surface area contributed by atoms with Crippen LogP contribution in [0.4, 0.5) is 4.79 Å². The van der Waals surface area contributed by atoms with Gasteiger partial charge in [-0.05, 0) is 55.8 Å². The number of nitrogens with zero attached hydrogens (tertiary/aromatic N) is 1. The number of hydrogen-bond acceptors (Lipinski definition) is 5. The monoisotopic (exact) mass is 533 g/mol. The molecule has 5 amide bonds. The Morgan fingerprint density at radius 1 is 0.974 bits per heavy atom. The van der Waals surface area contributed by atoms with Crippen molar-refractivity contribution in [3.8, 4) is 0 Å². The first-order chi connectivity index (χ1) is 17.4. The van der Waals surface area contributed by atoms with E-state index in [4.69, 9.17) is 0 Å². The van der Waals surface area contributed by atoms with Crippen LogP contribution < -0.4 is 21.3 Å². The lowest BCUT2D eigenvalue weighted by Crippen LogP contribution is -2.62. The molecule has 1 aliphatic heterocycles. The molecule has 0 spiro atoms. The first-order valence-electron chi connectivity index (χ1n) is 13.8. The SMILES string of the molecule is CNC(=O)C(=O)C(CC1CCC1)NC(=O)[C@@H]1C2C(CN1C(=O)C(NC(=O)NC(C)(C)C)C(C)(C)C)C2(C)C. The number of likely N-dealkylation sites (tertiary alicyclic amines) is 1. The lowest BCUT2D eigenvalue weighted by atomic mass is 9.80. The maximum Gasteiger partial charge on any atom is 0.315 e. The molecule has 3 aliphatic rings. The number of carbonyl (C=O) groups excluding carboxylic acids is 5. The number of ketones is 1. The van der Waals surface area contributed by atoms with Crippen LogP contribution in [0.5, 0.6) is 0 Å². The summed E-state index contributed by atoms with van der Waals surface area (Å²) in [6, 6.07) is -3.02. The van der Waals surface area contributed by atoms with Gasteiger partial charge in [-0.25, -0.2) is 4.79 Å². The summed E-state index contributed by atoms with van der Waals surface area (Å²) >= 11 is 0. The maximum atomic E-state index is 14.0. The normalized spacial score (nSPS) is 25.8. The third-order valence-electron chi connectivity index (χ3n) is 8.51. The predicted molar refractivity (Wildman–Crippen MR) is 144 cm³/mol. The Balaban J connectivity index is 1.84. The summed E-state index contributed by atoms with van der Waals surface area (Å²) in [7, 11) is 1.40. The summed E-state index contributed by atoms with van der Waals surface area (Å²) in [5.41, 5.74) is -1.22. The number of Topliss-reactive ketones (excluding diaryl/α,β-unsaturated/α-hetero) is 1. The molecule has 1 heterocycles. The van der Waals surface area contributed by atoms with Gasteiger partial charge in [-0.3, -0.25) is 19.2 Å². The van der Waals surface area contributed by atoms with Crippen molar-refractivity contribution in [1.29, 1.82) is 0 Å². The van der Waals surface area contributed by atoms with Gasteiger partial charge < -0.3 is 26.2 Å². The van der Waals surface area contributed by atoms with Gasteiger partial charge >= 0.3 is 6.03 Å². The minimum atomic E-state index is -0.931. The molecule has 0 aromatic carbocycles. The highest BCUT2D eigenvalue weighted by Crippen LogP contribution is 2.65. The van der Waals surface area contributed by atoms with Gasteiger partial charge in [-0.2, -0.15) is 0 Å². The van der Waals surface area contributed by atoms with Crippen LogP contribution in [-0.2, 0) is 19.2 Å². The van der Waals surface area contributed by atoms with Gasteiger partial charge in [0.25, 0.3) is 5.91 Å². The summed E-state index contributed by atoms with van der Waals surface area (Å²) in [6.07, 6.45) is 3.42. The minimum Gasteiger partial charge on any atom is -0.353 e. The number of urea groups is 1. The zero-order chi connectivity index (χ0) is 28.8. The second-order valence-electron chi connectivity index (χ2n) is 14.1. The number of rotatable bonds is 8. The molecule has 1 saturated heterocycles. The van der Waals surface area contributed by atoms with Gasteiger partial charge in [0.2, 0.25) is 17.6 Å². The first-order valence-corrected chi connectivity index (χ1v) is 13.8. The van der Waals surface area contributed by atoms with Crippen molar-refractivity contribution in [2.45, 2.75) is 105 Å². The predicted octanol–water partition coefficient (Wildman–Crippen LogP) is 1.97. The van der Waals surface area contributed by atoms with Crippen molar-refractivity contribution in [2.75, 3.05) is 13.6 Å². The molecule has 10 nitrogen and oxygen atoms in total. The smallest absolute Gasteiger partial charge is 0.315 e. The Morgan fingerprint density at radius 2 is 1.58 bits per heavy atom. The maximum absolute atomic E-state index is 14.0. The Kier molecular flexibility index (Phi) is 8.25. The number of amides is 5. The van der Waals surface area contributed by atoms with Gasteiger partial charge in [-0.1, -0.05) is 53.9 Å². The van der Waals surface area contributed by atoms with Crippen LogP contribution in [-0.4, -0.2) is 71.7 Å². The van der Waals surface area contributed by atoms with E-state index in [-0.39, 0.29) is 29.1 Å². The Bertz CT molecular complexity index is 975. The van der Waals surface area contributed by atoms with E-state index in [1.54, 1.807) is 4.90 Å². The molecule has 0 aromatic heterocycles.